The van der Waals surface area contributed by atoms with Crippen LogP contribution in [-0.2, 0) is 19.1 Å². The Labute approximate surface area is 179 Å². The second-order valence-electron chi connectivity index (χ2n) is 10.9. The minimum Gasteiger partial charge on any atom is -0.481 e. The molecule has 0 aromatic heterocycles. The van der Waals surface area contributed by atoms with Crippen LogP contribution in [0.5, 0.6) is 0 Å². The molecule has 0 spiro atoms. The zero-order chi connectivity index (χ0) is 21.3. The van der Waals surface area contributed by atoms with E-state index in [2.05, 4.69) is 20.8 Å². The Balaban J connectivity index is 1.58. The molecule has 1 unspecified atom stereocenters. The SMILES string of the molecule is CC(C)C1=C(COC2CCCCO2)[C@H]2C[C@@]3(C=O)[C@@H]4CC[C@@H](C)[C@H]4C[C@H]2[C@]13C(=O)O. The summed E-state index contributed by atoms with van der Waals surface area (Å²) >= 11 is 0. The number of carboxylic acids is 1. The number of hydrogen-bond acceptors (Lipinski definition) is 4. The summed E-state index contributed by atoms with van der Waals surface area (Å²) in [5, 5.41) is 10.8. The lowest BCUT2D eigenvalue weighted by Gasteiger charge is -2.54. The molecule has 4 fully saturated rings. The number of carbonyl (C=O) groups is 2. The second kappa shape index (κ2) is 7.16. The second-order valence-corrected chi connectivity index (χ2v) is 10.9. The highest BCUT2D eigenvalue weighted by Gasteiger charge is 2.79. The summed E-state index contributed by atoms with van der Waals surface area (Å²) in [6.07, 6.45) is 7.75. The summed E-state index contributed by atoms with van der Waals surface area (Å²) in [6.45, 7) is 7.68. The van der Waals surface area contributed by atoms with Gasteiger partial charge in [0.1, 0.15) is 11.7 Å². The van der Waals surface area contributed by atoms with Gasteiger partial charge in [-0.05, 0) is 85.2 Å². The van der Waals surface area contributed by atoms with Gasteiger partial charge in [0, 0.05) is 12.0 Å². The normalized spacial score (nSPS) is 47.1. The van der Waals surface area contributed by atoms with Crippen molar-refractivity contribution in [1.29, 1.82) is 0 Å². The predicted molar refractivity (Wildman–Crippen MR) is 112 cm³/mol. The van der Waals surface area contributed by atoms with Crippen LogP contribution >= 0.6 is 0 Å². The van der Waals surface area contributed by atoms with Crippen molar-refractivity contribution >= 4 is 12.3 Å². The van der Waals surface area contributed by atoms with Gasteiger partial charge < -0.3 is 19.4 Å². The first kappa shape index (κ1) is 20.7. The van der Waals surface area contributed by atoms with Gasteiger partial charge in [-0.2, -0.15) is 0 Å². The molecule has 5 heteroatoms. The average molecular weight is 417 g/mol. The van der Waals surface area contributed by atoms with Gasteiger partial charge in [0.25, 0.3) is 0 Å². The van der Waals surface area contributed by atoms with Gasteiger partial charge >= 0.3 is 5.97 Å². The molecule has 1 N–H and O–H groups in total. The molecule has 0 aromatic carbocycles. The lowest BCUT2D eigenvalue weighted by molar-refractivity contribution is -0.169. The minimum absolute atomic E-state index is 0.0327. The first-order valence-electron chi connectivity index (χ1n) is 12.0. The van der Waals surface area contributed by atoms with Crippen LogP contribution in [0.2, 0.25) is 0 Å². The Hall–Kier alpha value is -1.20. The molecule has 30 heavy (non-hydrogen) atoms. The molecule has 5 nitrogen and oxygen atoms in total. The Kier molecular flexibility index (Phi) is 4.94. The van der Waals surface area contributed by atoms with Gasteiger partial charge in [0.05, 0.1) is 6.61 Å². The van der Waals surface area contributed by atoms with Crippen LogP contribution in [0.15, 0.2) is 11.1 Å². The molecule has 5 rings (SSSR count). The summed E-state index contributed by atoms with van der Waals surface area (Å²) in [7, 11) is 0. The van der Waals surface area contributed by atoms with Gasteiger partial charge in [-0.25, -0.2) is 0 Å². The highest BCUT2D eigenvalue weighted by molar-refractivity contribution is 5.90. The summed E-state index contributed by atoms with van der Waals surface area (Å²) in [5.41, 5.74) is 0.408. The van der Waals surface area contributed by atoms with Crippen molar-refractivity contribution in [3.8, 4) is 0 Å². The van der Waals surface area contributed by atoms with Crippen molar-refractivity contribution < 1.29 is 24.2 Å². The number of carbonyl (C=O) groups excluding carboxylic acids is 1. The maximum absolute atomic E-state index is 13.1. The smallest absolute Gasteiger partial charge is 0.315 e. The van der Waals surface area contributed by atoms with Crippen LogP contribution in [0.25, 0.3) is 0 Å². The molecular weight excluding hydrogens is 380 g/mol. The van der Waals surface area contributed by atoms with E-state index >= 15 is 0 Å². The van der Waals surface area contributed by atoms with E-state index in [0.717, 1.165) is 57.0 Å². The third-order valence-corrected chi connectivity index (χ3v) is 9.61. The highest BCUT2D eigenvalue weighted by Crippen LogP contribution is 2.79. The van der Waals surface area contributed by atoms with Crippen LogP contribution in [0.1, 0.15) is 65.7 Å². The monoisotopic (exact) mass is 416 g/mol. The van der Waals surface area contributed by atoms with Crippen LogP contribution in [0.3, 0.4) is 0 Å². The average Bonchev–Trinajstić information content (AvgIpc) is 3.30. The van der Waals surface area contributed by atoms with E-state index in [1.165, 1.54) is 5.57 Å². The maximum Gasteiger partial charge on any atom is 0.315 e. The van der Waals surface area contributed by atoms with E-state index in [4.69, 9.17) is 9.47 Å². The van der Waals surface area contributed by atoms with Gasteiger partial charge in [-0.15, -0.1) is 0 Å². The Bertz CT molecular complexity index is 766. The molecule has 4 bridgehead atoms. The summed E-state index contributed by atoms with van der Waals surface area (Å²) in [4.78, 5) is 26.0. The summed E-state index contributed by atoms with van der Waals surface area (Å²) in [5.74, 6) is 0.782. The number of ether oxygens (including phenoxy) is 2. The van der Waals surface area contributed by atoms with Crippen molar-refractivity contribution in [2.45, 2.75) is 72.0 Å². The highest BCUT2D eigenvalue weighted by atomic mass is 16.7. The van der Waals surface area contributed by atoms with Crippen molar-refractivity contribution in [3.63, 3.8) is 0 Å². The van der Waals surface area contributed by atoms with Crippen LogP contribution in [0.4, 0.5) is 0 Å². The first-order chi connectivity index (χ1) is 14.4. The zero-order valence-corrected chi connectivity index (χ0v) is 18.6. The maximum atomic E-state index is 13.1. The Morgan fingerprint density at radius 3 is 2.70 bits per heavy atom. The van der Waals surface area contributed by atoms with Crippen LogP contribution < -0.4 is 0 Å². The number of fused-ring (bicyclic) bond motifs is 2. The van der Waals surface area contributed by atoms with Crippen LogP contribution in [-0.4, -0.2) is 36.9 Å². The molecule has 1 saturated heterocycles. The fraction of sp³-hybridized carbons (Fsp3) is 0.840. The lowest BCUT2D eigenvalue weighted by atomic mass is 9.47. The topological polar surface area (TPSA) is 72.8 Å². The molecule has 1 aliphatic heterocycles. The number of aliphatic carboxylic acids is 1. The Morgan fingerprint density at radius 1 is 1.27 bits per heavy atom. The van der Waals surface area contributed by atoms with E-state index in [1.54, 1.807) is 0 Å². The molecular formula is C25H36O5. The fourth-order valence-corrected chi connectivity index (χ4v) is 8.70. The quantitative estimate of drug-likeness (QED) is 0.511. The van der Waals surface area contributed by atoms with E-state index in [1.807, 2.05) is 0 Å². The van der Waals surface area contributed by atoms with E-state index in [-0.39, 0.29) is 30.0 Å². The zero-order valence-electron chi connectivity index (χ0n) is 18.6. The first-order valence-corrected chi connectivity index (χ1v) is 12.0. The summed E-state index contributed by atoms with van der Waals surface area (Å²) in [6, 6.07) is 0. The number of rotatable bonds is 6. The molecule has 3 saturated carbocycles. The largest absolute Gasteiger partial charge is 0.481 e. The Morgan fingerprint density at radius 2 is 2.07 bits per heavy atom. The van der Waals surface area contributed by atoms with E-state index in [0.29, 0.717) is 24.9 Å². The van der Waals surface area contributed by atoms with Gasteiger partial charge in [-0.1, -0.05) is 27.2 Å². The number of carboxylic acid groups (broad SMARTS) is 1. The predicted octanol–water partition coefficient (Wildman–Crippen LogP) is 4.45. The fourth-order valence-electron chi connectivity index (χ4n) is 8.70. The minimum atomic E-state index is -1.04. The van der Waals surface area contributed by atoms with Crippen LogP contribution in [0, 0.1) is 46.3 Å². The van der Waals surface area contributed by atoms with Gasteiger partial charge in [0.2, 0.25) is 0 Å². The molecule has 1 heterocycles. The molecule has 4 aliphatic carbocycles. The molecule has 5 aliphatic rings. The van der Waals surface area contributed by atoms with Crippen molar-refractivity contribution in [2.24, 2.45) is 46.3 Å². The third-order valence-electron chi connectivity index (χ3n) is 9.61. The molecule has 166 valence electrons. The molecule has 8 atom stereocenters. The number of aldehydes is 1. The van der Waals surface area contributed by atoms with Crippen molar-refractivity contribution in [2.75, 3.05) is 13.2 Å². The molecule has 0 radical (unpaired) electrons. The van der Waals surface area contributed by atoms with Gasteiger partial charge in [-0.3, -0.25) is 4.79 Å². The lowest BCUT2D eigenvalue weighted by Crippen LogP contribution is -2.58. The number of hydrogen-bond donors (Lipinski definition) is 1. The summed E-state index contributed by atoms with van der Waals surface area (Å²) < 4.78 is 12.0. The van der Waals surface area contributed by atoms with Crippen molar-refractivity contribution in [3.05, 3.63) is 11.1 Å². The van der Waals surface area contributed by atoms with E-state index < -0.39 is 16.8 Å². The third kappa shape index (κ3) is 2.42. The van der Waals surface area contributed by atoms with E-state index in [9.17, 15) is 14.7 Å². The van der Waals surface area contributed by atoms with Gasteiger partial charge in [0.15, 0.2) is 6.29 Å². The molecule has 0 amide bonds. The van der Waals surface area contributed by atoms with Crippen molar-refractivity contribution in [1.82, 2.24) is 0 Å². The molecule has 0 aromatic rings. The standard InChI is InChI=1S/C25H36O5/c1-14(2)22-18(12-30-21-6-4-5-9-29-21)17-11-24(13-26)19-8-7-15(3)16(19)10-20(17)25(22,24)23(27)28/h13-17,19-21H,4-12H2,1-3H3,(H,27,28)/t15-,16-,17-,19-,20-,21?,24-,25-/m1/s1.